The monoisotopic (exact) mass is 451 g/mol. The van der Waals surface area contributed by atoms with Crippen LogP contribution >= 0.6 is 0 Å². The summed E-state index contributed by atoms with van der Waals surface area (Å²) in [5, 5.41) is 11.2. The molecular formula is C29H25NO4. The van der Waals surface area contributed by atoms with Gasteiger partial charge in [-0.3, -0.25) is 9.59 Å². The average Bonchev–Trinajstić information content (AvgIpc) is 3.16. The van der Waals surface area contributed by atoms with E-state index in [4.69, 9.17) is 10.5 Å². The second-order valence-electron chi connectivity index (χ2n) is 8.66. The van der Waals surface area contributed by atoms with E-state index in [1.165, 1.54) is 0 Å². The van der Waals surface area contributed by atoms with Gasteiger partial charge < -0.3 is 15.6 Å². The average molecular weight is 452 g/mol. The largest absolute Gasteiger partial charge is 0.481 e. The minimum absolute atomic E-state index is 0.0831. The minimum atomic E-state index is -1.05. The molecule has 0 saturated heterocycles. The van der Waals surface area contributed by atoms with E-state index in [0.29, 0.717) is 5.56 Å². The van der Waals surface area contributed by atoms with Crippen LogP contribution in [0.1, 0.15) is 34.9 Å². The number of carboxylic acid groups (broad SMARTS) is 1. The van der Waals surface area contributed by atoms with E-state index in [-0.39, 0.29) is 18.9 Å². The zero-order valence-corrected chi connectivity index (χ0v) is 18.6. The molecule has 0 spiro atoms. The first-order valence-corrected chi connectivity index (χ1v) is 11.3. The smallest absolute Gasteiger partial charge is 0.315 e. The van der Waals surface area contributed by atoms with Crippen molar-refractivity contribution in [2.75, 3.05) is 6.61 Å². The highest BCUT2D eigenvalue weighted by molar-refractivity contribution is 5.92. The van der Waals surface area contributed by atoms with Crippen LogP contribution in [0, 0.1) is 0 Å². The number of hydrogen-bond donors (Lipinski definition) is 2. The highest BCUT2D eigenvalue weighted by Crippen LogP contribution is 2.44. The van der Waals surface area contributed by atoms with Crippen molar-refractivity contribution in [2.24, 2.45) is 5.73 Å². The minimum Gasteiger partial charge on any atom is -0.481 e. The maximum atomic E-state index is 13.5. The summed E-state index contributed by atoms with van der Waals surface area (Å²) >= 11 is 0. The van der Waals surface area contributed by atoms with Gasteiger partial charge >= 0.3 is 11.9 Å². The Bertz CT molecular complexity index is 1330. The molecule has 4 aromatic rings. The third kappa shape index (κ3) is 3.95. The maximum Gasteiger partial charge on any atom is 0.315 e. The number of nitrogens with two attached hydrogens (primary N) is 1. The van der Waals surface area contributed by atoms with E-state index in [1.54, 1.807) is 0 Å². The molecule has 5 heteroatoms. The fourth-order valence-corrected chi connectivity index (χ4v) is 5.07. The summed E-state index contributed by atoms with van der Waals surface area (Å²) in [6, 6.07) is 28.7. The van der Waals surface area contributed by atoms with Crippen LogP contribution in [0.5, 0.6) is 0 Å². The first-order valence-electron chi connectivity index (χ1n) is 11.3. The van der Waals surface area contributed by atoms with Crippen LogP contribution in [-0.4, -0.2) is 29.7 Å². The third-order valence-electron chi connectivity index (χ3n) is 6.61. The lowest BCUT2D eigenvalue weighted by Gasteiger charge is -2.24. The van der Waals surface area contributed by atoms with Crippen LogP contribution in [0.3, 0.4) is 0 Å². The van der Waals surface area contributed by atoms with Gasteiger partial charge in [-0.05, 0) is 38.6 Å². The lowest BCUT2D eigenvalue weighted by molar-refractivity contribution is -0.146. The molecule has 0 saturated carbocycles. The van der Waals surface area contributed by atoms with Crippen LogP contribution in [0.2, 0.25) is 0 Å². The van der Waals surface area contributed by atoms with Crippen molar-refractivity contribution in [1.29, 1.82) is 0 Å². The SMILES string of the molecule is N[C@@H](CC(=O)O)C(C(=O)OCC1c2ccccc2-c2ccccc21)c1cccc2ccccc12. The van der Waals surface area contributed by atoms with Crippen LogP contribution in [-0.2, 0) is 14.3 Å². The maximum absolute atomic E-state index is 13.5. The summed E-state index contributed by atoms with van der Waals surface area (Å²) < 4.78 is 5.90. The fraction of sp³-hybridized carbons (Fsp3) is 0.172. The molecule has 0 heterocycles. The first-order chi connectivity index (χ1) is 16.5. The number of fused-ring (bicyclic) bond motifs is 4. The van der Waals surface area contributed by atoms with Gasteiger partial charge in [-0.25, -0.2) is 0 Å². The van der Waals surface area contributed by atoms with Gasteiger partial charge in [-0.15, -0.1) is 0 Å². The molecule has 0 amide bonds. The van der Waals surface area contributed by atoms with Crippen molar-refractivity contribution in [3.05, 3.63) is 108 Å². The van der Waals surface area contributed by atoms with Crippen molar-refractivity contribution >= 4 is 22.7 Å². The quantitative estimate of drug-likeness (QED) is 0.383. The molecule has 0 aliphatic heterocycles. The molecular weight excluding hydrogens is 426 g/mol. The Morgan fingerprint density at radius 1 is 0.824 bits per heavy atom. The first kappa shape index (κ1) is 21.9. The summed E-state index contributed by atoms with van der Waals surface area (Å²) in [6.07, 6.45) is -0.335. The highest BCUT2D eigenvalue weighted by atomic mass is 16.5. The Morgan fingerprint density at radius 3 is 2.09 bits per heavy atom. The normalized spacial score (nSPS) is 14.3. The molecule has 1 aliphatic carbocycles. The second kappa shape index (κ2) is 9.12. The number of hydrogen-bond acceptors (Lipinski definition) is 4. The molecule has 2 atom stereocenters. The number of rotatable bonds is 7. The number of benzene rings is 4. The van der Waals surface area contributed by atoms with E-state index in [0.717, 1.165) is 33.0 Å². The molecule has 170 valence electrons. The fourth-order valence-electron chi connectivity index (χ4n) is 5.07. The molecule has 0 radical (unpaired) electrons. The Hall–Kier alpha value is -3.96. The predicted octanol–water partition coefficient (Wildman–Crippen LogP) is 5.08. The lowest BCUT2D eigenvalue weighted by Crippen LogP contribution is -2.37. The van der Waals surface area contributed by atoms with Crippen LogP contribution < -0.4 is 5.73 Å². The summed E-state index contributed by atoms with van der Waals surface area (Å²) in [7, 11) is 0. The second-order valence-corrected chi connectivity index (χ2v) is 8.66. The molecule has 1 aliphatic rings. The van der Waals surface area contributed by atoms with Crippen LogP contribution in [0.25, 0.3) is 21.9 Å². The molecule has 0 aromatic heterocycles. The van der Waals surface area contributed by atoms with Crippen molar-refractivity contribution in [3.8, 4) is 11.1 Å². The van der Waals surface area contributed by atoms with Gasteiger partial charge in [0.25, 0.3) is 0 Å². The molecule has 0 fully saturated rings. The van der Waals surface area contributed by atoms with Crippen molar-refractivity contribution < 1.29 is 19.4 Å². The third-order valence-corrected chi connectivity index (χ3v) is 6.61. The van der Waals surface area contributed by atoms with Crippen LogP contribution in [0.4, 0.5) is 0 Å². The Balaban J connectivity index is 1.47. The summed E-state index contributed by atoms with van der Waals surface area (Å²) in [4.78, 5) is 24.9. The molecule has 5 rings (SSSR count). The van der Waals surface area contributed by atoms with Crippen molar-refractivity contribution in [3.63, 3.8) is 0 Å². The number of esters is 1. The van der Waals surface area contributed by atoms with Gasteiger partial charge in [-0.2, -0.15) is 0 Å². The number of carbonyl (C=O) groups is 2. The molecule has 4 aromatic carbocycles. The lowest BCUT2D eigenvalue weighted by atomic mass is 9.86. The van der Waals surface area contributed by atoms with Gasteiger partial charge in [0.05, 0.1) is 12.3 Å². The van der Waals surface area contributed by atoms with Crippen LogP contribution in [0.15, 0.2) is 91.0 Å². The zero-order chi connectivity index (χ0) is 23.7. The number of carboxylic acids is 1. The molecule has 1 unspecified atom stereocenters. The van der Waals surface area contributed by atoms with E-state index >= 15 is 0 Å². The summed E-state index contributed by atoms with van der Waals surface area (Å²) in [5.41, 5.74) is 11.5. The van der Waals surface area contributed by atoms with Gasteiger partial charge in [-0.1, -0.05) is 91.0 Å². The number of carbonyl (C=O) groups excluding carboxylic acids is 1. The van der Waals surface area contributed by atoms with Gasteiger partial charge in [0.2, 0.25) is 0 Å². The Kier molecular flexibility index (Phi) is 5.86. The summed E-state index contributed by atoms with van der Waals surface area (Å²) in [5.74, 6) is -2.54. The van der Waals surface area contributed by atoms with Crippen molar-refractivity contribution in [2.45, 2.75) is 24.3 Å². The number of aliphatic carboxylic acids is 1. The highest BCUT2D eigenvalue weighted by Gasteiger charge is 2.34. The van der Waals surface area contributed by atoms with E-state index in [1.807, 2.05) is 66.7 Å². The molecule has 3 N–H and O–H groups in total. The predicted molar refractivity (Wildman–Crippen MR) is 132 cm³/mol. The van der Waals surface area contributed by atoms with E-state index in [9.17, 15) is 14.7 Å². The van der Waals surface area contributed by atoms with Gasteiger partial charge in [0.15, 0.2) is 0 Å². The van der Waals surface area contributed by atoms with Gasteiger partial charge in [0, 0.05) is 12.0 Å². The standard InChI is InChI=1S/C29H25NO4/c30-26(16-27(31)32)28(24-15-7-9-18-8-1-2-10-19(18)24)29(33)34-17-25-22-13-5-3-11-20(22)21-12-4-6-14-23(21)25/h1-15,25-26,28H,16-17,30H2,(H,31,32)/t26-,28?/m0/s1. The molecule has 34 heavy (non-hydrogen) atoms. The summed E-state index contributed by atoms with van der Waals surface area (Å²) in [6.45, 7) is 0.161. The Labute approximate surface area is 197 Å². The molecule has 0 bridgehead atoms. The Morgan fingerprint density at radius 2 is 1.41 bits per heavy atom. The topological polar surface area (TPSA) is 89.6 Å². The van der Waals surface area contributed by atoms with E-state index < -0.39 is 23.9 Å². The van der Waals surface area contributed by atoms with E-state index in [2.05, 4.69) is 24.3 Å². The van der Waals surface area contributed by atoms with Crippen molar-refractivity contribution in [1.82, 2.24) is 0 Å². The zero-order valence-electron chi connectivity index (χ0n) is 18.6. The van der Waals surface area contributed by atoms with Gasteiger partial charge in [0.1, 0.15) is 6.61 Å². The number of ether oxygens (including phenoxy) is 1. The molecule has 5 nitrogen and oxygen atoms in total.